The number of nitrogens with zero attached hydrogens (tertiary/aromatic N) is 3. The molecule has 166 valence electrons. The number of nitriles is 2. The van der Waals surface area contributed by atoms with Crippen LogP contribution in [-0.2, 0) is 0 Å². The Morgan fingerprint density at radius 2 is 1.68 bits per heavy atom. The van der Waals surface area contributed by atoms with E-state index in [0.29, 0.717) is 11.3 Å². The minimum atomic E-state index is -1.68. The van der Waals surface area contributed by atoms with E-state index >= 15 is 4.39 Å². The molecule has 6 heteroatoms. The largest absolute Gasteiger partial charge is 0.497 e. The number of methoxy groups -OCH3 is 1. The molecule has 0 amide bonds. The third-order valence-corrected chi connectivity index (χ3v) is 6.80. The molecule has 2 aliphatic rings. The van der Waals surface area contributed by atoms with Crippen molar-refractivity contribution < 1.29 is 13.9 Å². The summed E-state index contributed by atoms with van der Waals surface area (Å²) in [4.78, 5) is 15.9. The van der Waals surface area contributed by atoms with Crippen LogP contribution in [0.2, 0.25) is 0 Å². The molecular formula is C28H20FN3O2. The van der Waals surface area contributed by atoms with Gasteiger partial charge >= 0.3 is 0 Å². The zero-order valence-electron chi connectivity index (χ0n) is 18.4. The number of anilines is 1. The predicted molar refractivity (Wildman–Crippen MR) is 126 cm³/mol. The van der Waals surface area contributed by atoms with Crippen LogP contribution in [0.5, 0.6) is 5.75 Å². The molecule has 1 saturated heterocycles. The van der Waals surface area contributed by atoms with Gasteiger partial charge in [0.1, 0.15) is 17.6 Å². The summed E-state index contributed by atoms with van der Waals surface area (Å²) in [5.41, 5.74) is 0.488. The summed E-state index contributed by atoms with van der Waals surface area (Å²) in [6, 6.07) is 22.9. The van der Waals surface area contributed by atoms with E-state index < -0.39 is 29.2 Å². The van der Waals surface area contributed by atoms with Gasteiger partial charge in [0.05, 0.1) is 25.3 Å². The second kappa shape index (κ2) is 8.17. The van der Waals surface area contributed by atoms with Crippen LogP contribution in [0.1, 0.15) is 27.4 Å². The van der Waals surface area contributed by atoms with Gasteiger partial charge < -0.3 is 9.64 Å². The fourth-order valence-corrected chi connectivity index (χ4v) is 5.23. The molecule has 0 aromatic heterocycles. The van der Waals surface area contributed by atoms with Crippen LogP contribution in [0.15, 0.2) is 78.9 Å². The number of ketones is 1. The van der Waals surface area contributed by atoms with E-state index in [0.717, 1.165) is 11.3 Å². The first kappa shape index (κ1) is 21.4. The molecule has 0 bridgehead atoms. The quantitative estimate of drug-likeness (QED) is 0.517. The summed E-state index contributed by atoms with van der Waals surface area (Å²) in [6.07, 6.45) is 3.64. The number of para-hydroxylation sites is 1. The highest BCUT2D eigenvalue weighted by atomic mass is 19.1. The van der Waals surface area contributed by atoms with Gasteiger partial charge in [0.15, 0.2) is 11.2 Å². The second-order valence-corrected chi connectivity index (χ2v) is 8.40. The molecule has 0 spiro atoms. The fourth-order valence-electron chi connectivity index (χ4n) is 5.23. The van der Waals surface area contributed by atoms with E-state index in [2.05, 4.69) is 12.1 Å². The van der Waals surface area contributed by atoms with Crippen molar-refractivity contribution in [2.45, 2.75) is 18.0 Å². The van der Waals surface area contributed by atoms with Crippen molar-refractivity contribution >= 4 is 17.5 Å². The van der Waals surface area contributed by atoms with Crippen LogP contribution in [0.3, 0.4) is 0 Å². The minimum Gasteiger partial charge on any atom is -0.497 e. The standard InChI is InChI=1S/C28H20FN3O2/c1-34-20-13-10-19(11-14-20)27(33)26-25(21-7-3-4-8-22(21)29)28(16-30,17-31)24-15-12-18-6-2-5-9-23(18)32(24)26/h2-15,24-26H,1H3/t24-,25+,26-/m1/s1. The van der Waals surface area contributed by atoms with Crippen LogP contribution >= 0.6 is 0 Å². The molecule has 5 rings (SSSR count). The zero-order valence-corrected chi connectivity index (χ0v) is 18.4. The number of carbonyl (C=O) groups excluding carboxylic acids is 1. The fraction of sp³-hybridized carbons (Fsp3) is 0.179. The molecule has 5 nitrogen and oxygen atoms in total. The number of Topliss-reactive ketones (excluding diaryl/α,β-unsaturated/α-hetero) is 1. The average molecular weight is 449 g/mol. The number of benzene rings is 3. The van der Waals surface area contributed by atoms with Gasteiger partial charge in [-0.15, -0.1) is 0 Å². The normalized spacial score (nSPS) is 21.6. The zero-order chi connectivity index (χ0) is 23.9. The lowest BCUT2D eigenvalue weighted by atomic mass is 9.69. The van der Waals surface area contributed by atoms with E-state index in [1.165, 1.54) is 13.2 Å². The number of hydrogen-bond donors (Lipinski definition) is 0. The summed E-state index contributed by atoms with van der Waals surface area (Å²) < 4.78 is 20.4. The highest BCUT2D eigenvalue weighted by molar-refractivity contribution is 6.04. The van der Waals surface area contributed by atoms with E-state index in [4.69, 9.17) is 4.74 Å². The maximum absolute atomic E-state index is 15.2. The Morgan fingerprint density at radius 1 is 1.00 bits per heavy atom. The van der Waals surface area contributed by atoms with E-state index in [-0.39, 0.29) is 11.3 Å². The van der Waals surface area contributed by atoms with Crippen LogP contribution in [-0.4, -0.2) is 25.0 Å². The number of rotatable bonds is 4. The lowest BCUT2D eigenvalue weighted by Crippen LogP contribution is -2.44. The first-order valence-electron chi connectivity index (χ1n) is 10.9. The molecule has 3 atom stereocenters. The molecule has 3 aromatic carbocycles. The van der Waals surface area contributed by atoms with Crippen LogP contribution in [0.25, 0.3) is 6.08 Å². The third kappa shape index (κ3) is 3.00. The number of carbonyl (C=O) groups is 1. The van der Waals surface area contributed by atoms with Crippen molar-refractivity contribution in [1.82, 2.24) is 0 Å². The van der Waals surface area contributed by atoms with Gasteiger partial charge in [-0.25, -0.2) is 4.39 Å². The van der Waals surface area contributed by atoms with Crippen LogP contribution < -0.4 is 9.64 Å². The maximum Gasteiger partial charge on any atom is 0.185 e. The van der Waals surface area contributed by atoms with Crippen LogP contribution in [0.4, 0.5) is 10.1 Å². The Balaban J connectivity index is 1.78. The molecular weight excluding hydrogens is 429 g/mol. The Morgan fingerprint density at radius 3 is 2.35 bits per heavy atom. The lowest BCUT2D eigenvalue weighted by Gasteiger charge is -2.35. The molecule has 2 heterocycles. The molecule has 0 saturated carbocycles. The Bertz CT molecular complexity index is 1370. The Hall–Kier alpha value is -4.42. The maximum atomic E-state index is 15.2. The van der Waals surface area contributed by atoms with Gasteiger partial charge in [-0.3, -0.25) is 4.79 Å². The lowest BCUT2D eigenvalue weighted by molar-refractivity contribution is 0.0950. The van der Waals surface area contributed by atoms with E-state index in [1.807, 2.05) is 35.2 Å². The second-order valence-electron chi connectivity index (χ2n) is 8.40. The highest BCUT2D eigenvalue weighted by Crippen LogP contribution is 2.55. The van der Waals surface area contributed by atoms with Gasteiger partial charge in [0, 0.05) is 17.2 Å². The van der Waals surface area contributed by atoms with Crippen molar-refractivity contribution in [3.63, 3.8) is 0 Å². The summed E-state index contributed by atoms with van der Waals surface area (Å²) >= 11 is 0. The number of ether oxygens (including phenoxy) is 1. The molecule has 0 aliphatic carbocycles. The van der Waals surface area contributed by atoms with Gasteiger partial charge in [-0.1, -0.05) is 48.6 Å². The molecule has 2 aliphatic heterocycles. The molecule has 34 heavy (non-hydrogen) atoms. The number of halogens is 1. The van der Waals surface area contributed by atoms with Crippen molar-refractivity contribution in [3.05, 3.63) is 101 Å². The number of fused-ring (bicyclic) bond motifs is 3. The van der Waals surface area contributed by atoms with Gasteiger partial charge in [0.25, 0.3) is 0 Å². The summed E-state index contributed by atoms with van der Waals surface area (Å²) in [6.45, 7) is 0. The monoisotopic (exact) mass is 449 g/mol. The Labute approximate surface area is 196 Å². The topological polar surface area (TPSA) is 77.1 Å². The first-order valence-corrected chi connectivity index (χ1v) is 10.9. The van der Waals surface area contributed by atoms with Crippen molar-refractivity contribution in [2.24, 2.45) is 5.41 Å². The van der Waals surface area contributed by atoms with Crippen LogP contribution in [0, 0.1) is 33.9 Å². The van der Waals surface area contributed by atoms with Crippen molar-refractivity contribution in [2.75, 3.05) is 12.0 Å². The third-order valence-electron chi connectivity index (χ3n) is 6.80. The van der Waals surface area contributed by atoms with E-state index in [1.54, 1.807) is 48.5 Å². The molecule has 0 unspecified atom stereocenters. The van der Waals surface area contributed by atoms with Gasteiger partial charge in [-0.2, -0.15) is 10.5 Å². The van der Waals surface area contributed by atoms with Crippen molar-refractivity contribution in [1.29, 1.82) is 10.5 Å². The molecule has 3 aromatic rings. The highest BCUT2D eigenvalue weighted by Gasteiger charge is 2.63. The average Bonchev–Trinajstić information content (AvgIpc) is 3.19. The summed E-state index contributed by atoms with van der Waals surface area (Å²) in [7, 11) is 1.54. The molecule has 0 radical (unpaired) electrons. The smallest absolute Gasteiger partial charge is 0.185 e. The Kier molecular flexibility index (Phi) is 5.15. The molecule has 1 fully saturated rings. The SMILES string of the molecule is COc1ccc(C(=O)[C@H]2[C@H](c3ccccc3F)C(C#N)(C#N)[C@H]3C=Cc4ccccc4N23)cc1. The first-order chi connectivity index (χ1) is 16.6. The minimum absolute atomic E-state index is 0.178. The van der Waals surface area contributed by atoms with Gasteiger partial charge in [-0.05, 0) is 47.5 Å². The predicted octanol–water partition coefficient (Wildman–Crippen LogP) is 5.12. The molecule has 0 N–H and O–H groups in total. The summed E-state index contributed by atoms with van der Waals surface area (Å²) in [5.74, 6) is -1.26. The summed E-state index contributed by atoms with van der Waals surface area (Å²) in [5, 5.41) is 20.8. The van der Waals surface area contributed by atoms with Gasteiger partial charge in [0.2, 0.25) is 0 Å². The van der Waals surface area contributed by atoms with Crippen molar-refractivity contribution in [3.8, 4) is 17.9 Å². The number of hydrogen-bond acceptors (Lipinski definition) is 5. The van der Waals surface area contributed by atoms with E-state index in [9.17, 15) is 15.3 Å².